The Kier molecular flexibility index (Phi) is 4.06. The van der Waals surface area contributed by atoms with E-state index in [0.29, 0.717) is 6.54 Å². The summed E-state index contributed by atoms with van der Waals surface area (Å²) in [6.07, 6.45) is 6.46. The predicted molar refractivity (Wildman–Crippen MR) is 72.3 cm³/mol. The summed E-state index contributed by atoms with van der Waals surface area (Å²) in [5, 5.41) is 13.7. The van der Waals surface area contributed by atoms with Gasteiger partial charge in [-0.25, -0.2) is 0 Å². The number of aryl methyl sites for hydroxylation is 1. The molecular weight excluding hydrogens is 210 g/mol. The van der Waals surface area contributed by atoms with E-state index in [2.05, 4.69) is 36.5 Å². The number of para-hydroxylation sites is 1. The maximum atomic E-state index is 10.3. The Bertz CT molecular complexity index is 356. The molecule has 1 aliphatic rings. The van der Waals surface area contributed by atoms with Gasteiger partial charge in [0.05, 0.1) is 5.60 Å². The number of rotatable bonds is 5. The number of aliphatic hydroxyl groups is 1. The Balaban J connectivity index is 1.98. The van der Waals surface area contributed by atoms with Crippen LogP contribution < -0.4 is 5.32 Å². The highest BCUT2D eigenvalue weighted by Crippen LogP contribution is 2.30. The summed E-state index contributed by atoms with van der Waals surface area (Å²) in [5.74, 6) is 0. The van der Waals surface area contributed by atoms with E-state index >= 15 is 0 Å². The second-order valence-corrected chi connectivity index (χ2v) is 5.19. The van der Waals surface area contributed by atoms with Crippen molar-refractivity contribution >= 4 is 5.69 Å². The number of benzene rings is 1. The maximum Gasteiger partial charge on any atom is 0.0819 e. The van der Waals surface area contributed by atoms with Crippen LogP contribution in [0, 0.1) is 0 Å². The topological polar surface area (TPSA) is 32.3 Å². The molecule has 0 unspecified atom stereocenters. The van der Waals surface area contributed by atoms with Crippen LogP contribution in [0.5, 0.6) is 0 Å². The van der Waals surface area contributed by atoms with E-state index < -0.39 is 5.60 Å². The van der Waals surface area contributed by atoms with Crippen LogP contribution >= 0.6 is 0 Å². The Morgan fingerprint density at radius 1 is 1.24 bits per heavy atom. The predicted octanol–water partition coefficient (Wildman–Crippen LogP) is 3.36. The molecule has 0 spiro atoms. The molecule has 1 aliphatic carbocycles. The minimum atomic E-state index is -0.473. The molecular formula is C15H23NO. The van der Waals surface area contributed by atoms with E-state index in [-0.39, 0.29) is 0 Å². The summed E-state index contributed by atoms with van der Waals surface area (Å²) in [6.45, 7) is 2.88. The van der Waals surface area contributed by atoms with Gasteiger partial charge in [0.2, 0.25) is 0 Å². The summed E-state index contributed by atoms with van der Waals surface area (Å²) in [6, 6.07) is 8.43. The van der Waals surface area contributed by atoms with Gasteiger partial charge in [-0.05, 0) is 30.9 Å². The van der Waals surface area contributed by atoms with Crippen LogP contribution in [-0.4, -0.2) is 17.3 Å². The Hall–Kier alpha value is -1.02. The number of hydrogen-bond acceptors (Lipinski definition) is 2. The van der Waals surface area contributed by atoms with Gasteiger partial charge in [-0.2, -0.15) is 0 Å². The lowest BCUT2D eigenvalue weighted by molar-refractivity contribution is 0.0614. The Morgan fingerprint density at radius 2 is 1.94 bits per heavy atom. The molecule has 0 atom stereocenters. The molecule has 94 valence electrons. The first-order valence-corrected chi connectivity index (χ1v) is 6.78. The van der Waals surface area contributed by atoms with Gasteiger partial charge in [0.25, 0.3) is 0 Å². The molecule has 1 fully saturated rings. The van der Waals surface area contributed by atoms with Gasteiger partial charge in [-0.15, -0.1) is 0 Å². The van der Waals surface area contributed by atoms with Gasteiger partial charge in [0.1, 0.15) is 0 Å². The third-order valence-electron chi connectivity index (χ3n) is 3.68. The van der Waals surface area contributed by atoms with Gasteiger partial charge in [0.15, 0.2) is 0 Å². The molecule has 0 saturated heterocycles. The smallest absolute Gasteiger partial charge is 0.0819 e. The molecule has 0 aromatic heterocycles. The molecule has 0 radical (unpaired) electrons. The van der Waals surface area contributed by atoms with Crippen LogP contribution in [0.4, 0.5) is 5.69 Å². The first-order chi connectivity index (χ1) is 8.23. The van der Waals surface area contributed by atoms with E-state index in [1.165, 1.54) is 11.3 Å². The second kappa shape index (κ2) is 5.54. The zero-order chi connectivity index (χ0) is 12.1. The molecule has 2 rings (SSSR count). The molecule has 2 heteroatoms. The standard InChI is InChI=1S/C15H23NO/c1-2-7-13-8-3-4-9-14(13)16-12-15(17)10-5-6-11-15/h3-4,8-9,16-17H,2,5-7,10-12H2,1H3. The monoisotopic (exact) mass is 233 g/mol. The van der Waals surface area contributed by atoms with Crippen molar-refractivity contribution in [1.29, 1.82) is 0 Å². The van der Waals surface area contributed by atoms with E-state index in [0.717, 1.165) is 38.5 Å². The molecule has 0 amide bonds. The third kappa shape index (κ3) is 3.22. The highest BCUT2D eigenvalue weighted by atomic mass is 16.3. The summed E-state index contributed by atoms with van der Waals surface area (Å²) in [7, 11) is 0. The van der Waals surface area contributed by atoms with Crippen LogP contribution in [0.1, 0.15) is 44.6 Å². The van der Waals surface area contributed by atoms with Gasteiger partial charge in [-0.3, -0.25) is 0 Å². The Morgan fingerprint density at radius 3 is 2.65 bits per heavy atom. The van der Waals surface area contributed by atoms with Crippen LogP contribution in [0.25, 0.3) is 0 Å². The fourth-order valence-electron chi connectivity index (χ4n) is 2.65. The van der Waals surface area contributed by atoms with E-state index in [4.69, 9.17) is 0 Å². The van der Waals surface area contributed by atoms with E-state index in [1.54, 1.807) is 0 Å². The number of anilines is 1. The van der Waals surface area contributed by atoms with Crippen molar-refractivity contribution in [3.05, 3.63) is 29.8 Å². The first-order valence-electron chi connectivity index (χ1n) is 6.78. The molecule has 2 nitrogen and oxygen atoms in total. The lowest BCUT2D eigenvalue weighted by Crippen LogP contribution is -2.33. The summed E-state index contributed by atoms with van der Waals surface area (Å²) in [4.78, 5) is 0. The van der Waals surface area contributed by atoms with Crippen LogP contribution in [-0.2, 0) is 6.42 Å². The number of hydrogen-bond donors (Lipinski definition) is 2. The average molecular weight is 233 g/mol. The van der Waals surface area contributed by atoms with Crippen molar-refractivity contribution in [2.75, 3.05) is 11.9 Å². The van der Waals surface area contributed by atoms with Gasteiger partial charge >= 0.3 is 0 Å². The molecule has 0 bridgehead atoms. The zero-order valence-electron chi connectivity index (χ0n) is 10.7. The highest BCUT2D eigenvalue weighted by molar-refractivity contribution is 5.51. The SMILES string of the molecule is CCCc1ccccc1NCC1(O)CCCC1. The first kappa shape index (κ1) is 12.4. The van der Waals surface area contributed by atoms with Crippen LogP contribution in [0.15, 0.2) is 24.3 Å². The maximum absolute atomic E-state index is 10.3. The fourth-order valence-corrected chi connectivity index (χ4v) is 2.65. The summed E-state index contributed by atoms with van der Waals surface area (Å²) < 4.78 is 0. The molecule has 1 aromatic rings. The molecule has 2 N–H and O–H groups in total. The quantitative estimate of drug-likeness (QED) is 0.817. The van der Waals surface area contributed by atoms with Gasteiger partial charge in [-0.1, -0.05) is 44.4 Å². The average Bonchev–Trinajstić information content (AvgIpc) is 2.76. The highest BCUT2D eigenvalue weighted by Gasteiger charge is 2.30. The number of nitrogens with one attached hydrogen (secondary N) is 1. The summed E-state index contributed by atoms with van der Waals surface area (Å²) >= 11 is 0. The van der Waals surface area contributed by atoms with Crippen molar-refractivity contribution in [2.24, 2.45) is 0 Å². The molecule has 1 saturated carbocycles. The van der Waals surface area contributed by atoms with Crippen molar-refractivity contribution in [2.45, 2.75) is 51.0 Å². The second-order valence-electron chi connectivity index (χ2n) is 5.19. The van der Waals surface area contributed by atoms with Gasteiger partial charge < -0.3 is 10.4 Å². The van der Waals surface area contributed by atoms with Gasteiger partial charge in [0, 0.05) is 12.2 Å². The van der Waals surface area contributed by atoms with Crippen molar-refractivity contribution in [1.82, 2.24) is 0 Å². The normalized spacial score (nSPS) is 18.2. The largest absolute Gasteiger partial charge is 0.388 e. The lowest BCUT2D eigenvalue weighted by Gasteiger charge is -2.24. The van der Waals surface area contributed by atoms with E-state index in [1.807, 2.05) is 0 Å². The summed E-state index contributed by atoms with van der Waals surface area (Å²) in [5.41, 5.74) is 2.07. The van der Waals surface area contributed by atoms with Crippen LogP contribution in [0.2, 0.25) is 0 Å². The minimum Gasteiger partial charge on any atom is -0.388 e. The van der Waals surface area contributed by atoms with Crippen molar-refractivity contribution in [3.8, 4) is 0 Å². The molecule has 1 aromatic carbocycles. The minimum absolute atomic E-state index is 0.473. The molecule has 17 heavy (non-hydrogen) atoms. The third-order valence-corrected chi connectivity index (χ3v) is 3.68. The van der Waals surface area contributed by atoms with Crippen LogP contribution in [0.3, 0.4) is 0 Å². The van der Waals surface area contributed by atoms with Crippen molar-refractivity contribution < 1.29 is 5.11 Å². The van der Waals surface area contributed by atoms with Crippen molar-refractivity contribution in [3.63, 3.8) is 0 Å². The molecule has 0 aliphatic heterocycles. The zero-order valence-corrected chi connectivity index (χ0v) is 10.7. The van der Waals surface area contributed by atoms with E-state index in [9.17, 15) is 5.11 Å². The molecule has 0 heterocycles. The Labute approximate surface area is 104 Å². The lowest BCUT2D eigenvalue weighted by atomic mass is 10.0. The fraction of sp³-hybridized carbons (Fsp3) is 0.600.